The minimum Gasteiger partial charge on any atom is -0.508 e. The van der Waals surface area contributed by atoms with Gasteiger partial charge in [-0.25, -0.2) is 0 Å². The number of phenolic OH excluding ortho intramolecular Hbond substituents is 1. The van der Waals surface area contributed by atoms with Crippen LogP contribution < -0.4 is 11.1 Å². The molecule has 0 fully saturated rings. The van der Waals surface area contributed by atoms with E-state index in [9.17, 15) is 18.0 Å². The van der Waals surface area contributed by atoms with Crippen molar-refractivity contribution in [2.45, 2.75) is 18.6 Å². The van der Waals surface area contributed by atoms with E-state index in [1.807, 2.05) is 0 Å². The average Bonchev–Trinajstić information content (AvgIpc) is 2.39. The molecular formula is C13H17F3N2O3. The van der Waals surface area contributed by atoms with Crippen LogP contribution >= 0.6 is 0 Å². The number of nitrogens with one attached hydrogen (secondary N) is 1. The second-order valence-electron chi connectivity index (χ2n) is 4.44. The molecule has 1 amide bonds. The quantitative estimate of drug-likeness (QED) is 0.655. The van der Waals surface area contributed by atoms with Crippen LogP contribution in [0.15, 0.2) is 24.3 Å². The normalized spacial score (nSPS) is 13.0. The number of phenols is 1. The van der Waals surface area contributed by atoms with Crippen LogP contribution in [0.5, 0.6) is 5.75 Å². The number of carbonyl (C=O) groups excluding carboxylic acids is 1. The summed E-state index contributed by atoms with van der Waals surface area (Å²) in [7, 11) is 0. The number of alkyl halides is 3. The van der Waals surface area contributed by atoms with Crippen LogP contribution in [-0.4, -0.2) is 43.0 Å². The van der Waals surface area contributed by atoms with Crippen LogP contribution in [0.1, 0.15) is 5.56 Å². The Bertz CT molecular complexity index is 449. The van der Waals surface area contributed by atoms with Crippen LogP contribution in [0, 0.1) is 0 Å². The summed E-state index contributed by atoms with van der Waals surface area (Å²) in [5.41, 5.74) is 6.44. The lowest BCUT2D eigenvalue weighted by Crippen LogP contribution is -2.43. The van der Waals surface area contributed by atoms with Gasteiger partial charge >= 0.3 is 6.18 Å². The monoisotopic (exact) mass is 306 g/mol. The third-order valence-electron chi connectivity index (χ3n) is 2.54. The van der Waals surface area contributed by atoms with Crippen molar-refractivity contribution in [3.8, 4) is 5.75 Å². The number of amides is 1. The highest BCUT2D eigenvalue weighted by Crippen LogP contribution is 2.14. The summed E-state index contributed by atoms with van der Waals surface area (Å²) in [4.78, 5) is 11.6. The molecule has 0 aliphatic carbocycles. The number of hydrogen-bond acceptors (Lipinski definition) is 4. The van der Waals surface area contributed by atoms with Crippen LogP contribution in [0.2, 0.25) is 0 Å². The first-order valence-corrected chi connectivity index (χ1v) is 6.23. The number of carbonyl (C=O) groups is 1. The van der Waals surface area contributed by atoms with Crippen molar-refractivity contribution >= 4 is 5.91 Å². The lowest BCUT2D eigenvalue weighted by molar-refractivity contribution is -0.173. The Morgan fingerprint density at radius 2 is 1.95 bits per heavy atom. The maximum absolute atomic E-state index is 11.8. The Labute approximate surface area is 119 Å². The molecule has 1 aromatic carbocycles. The predicted molar refractivity (Wildman–Crippen MR) is 69.7 cm³/mol. The Morgan fingerprint density at radius 3 is 2.52 bits per heavy atom. The Kier molecular flexibility index (Phi) is 6.44. The van der Waals surface area contributed by atoms with Crippen molar-refractivity contribution in [3.63, 3.8) is 0 Å². The van der Waals surface area contributed by atoms with Gasteiger partial charge in [0.1, 0.15) is 12.4 Å². The minimum atomic E-state index is -4.38. The summed E-state index contributed by atoms with van der Waals surface area (Å²) < 4.78 is 39.7. The van der Waals surface area contributed by atoms with E-state index in [1.54, 1.807) is 12.1 Å². The third-order valence-corrected chi connectivity index (χ3v) is 2.54. The highest BCUT2D eigenvalue weighted by Gasteiger charge is 2.27. The molecule has 0 heterocycles. The van der Waals surface area contributed by atoms with Gasteiger partial charge in [-0.1, -0.05) is 12.1 Å². The molecule has 1 rings (SSSR count). The average molecular weight is 306 g/mol. The molecule has 21 heavy (non-hydrogen) atoms. The Hall–Kier alpha value is -1.80. The zero-order chi connectivity index (χ0) is 15.9. The van der Waals surface area contributed by atoms with Crippen molar-refractivity contribution in [2.24, 2.45) is 5.73 Å². The molecule has 0 spiro atoms. The van der Waals surface area contributed by atoms with Gasteiger partial charge in [0.05, 0.1) is 12.6 Å². The molecule has 5 nitrogen and oxygen atoms in total. The smallest absolute Gasteiger partial charge is 0.411 e. The first-order chi connectivity index (χ1) is 9.78. The zero-order valence-corrected chi connectivity index (χ0v) is 11.2. The largest absolute Gasteiger partial charge is 0.508 e. The zero-order valence-electron chi connectivity index (χ0n) is 11.2. The van der Waals surface area contributed by atoms with Crippen molar-refractivity contribution < 1.29 is 27.8 Å². The van der Waals surface area contributed by atoms with Crippen LogP contribution in [0.3, 0.4) is 0 Å². The third kappa shape index (κ3) is 7.52. The molecule has 0 radical (unpaired) electrons. The lowest BCUT2D eigenvalue weighted by Gasteiger charge is -2.13. The molecule has 118 valence electrons. The van der Waals surface area contributed by atoms with E-state index in [2.05, 4.69) is 10.1 Å². The van der Waals surface area contributed by atoms with Crippen LogP contribution in [-0.2, 0) is 16.0 Å². The van der Waals surface area contributed by atoms with Gasteiger partial charge in [0.15, 0.2) is 0 Å². The summed E-state index contributed by atoms with van der Waals surface area (Å²) in [6.45, 7) is -1.63. The Balaban J connectivity index is 2.24. The molecule has 0 saturated heterocycles. The first kappa shape index (κ1) is 17.3. The van der Waals surface area contributed by atoms with Gasteiger partial charge in [-0.05, 0) is 24.1 Å². The summed E-state index contributed by atoms with van der Waals surface area (Å²) in [5, 5.41) is 11.5. The highest BCUT2D eigenvalue weighted by atomic mass is 19.4. The maximum Gasteiger partial charge on any atom is 0.411 e. The molecule has 4 N–H and O–H groups in total. The second-order valence-corrected chi connectivity index (χ2v) is 4.44. The van der Waals surface area contributed by atoms with Gasteiger partial charge in [0, 0.05) is 6.54 Å². The van der Waals surface area contributed by atoms with E-state index in [4.69, 9.17) is 10.8 Å². The number of aromatic hydroxyl groups is 1. The van der Waals surface area contributed by atoms with Crippen molar-refractivity contribution in [2.75, 3.05) is 19.8 Å². The fourth-order valence-corrected chi connectivity index (χ4v) is 1.54. The summed E-state index contributed by atoms with van der Waals surface area (Å²) in [6, 6.07) is 5.40. The maximum atomic E-state index is 11.8. The Morgan fingerprint density at radius 1 is 1.33 bits per heavy atom. The topological polar surface area (TPSA) is 84.6 Å². The molecule has 1 aromatic rings. The fraction of sp³-hybridized carbons (Fsp3) is 0.462. The summed E-state index contributed by atoms with van der Waals surface area (Å²) in [6.07, 6.45) is -4.12. The van der Waals surface area contributed by atoms with Gasteiger partial charge in [-0.15, -0.1) is 0 Å². The number of halogens is 3. The van der Waals surface area contributed by atoms with E-state index in [-0.39, 0.29) is 25.3 Å². The molecule has 0 aliphatic heterocycles. The molecular weight excluding hydrogens is 289 g/mol. The van der Waals surface area contributed by atoms with E-state index >= 15 is 0 Å². The molecule has 1 atom stereocenters. The van der Waals surface area contributed by atoms with E-state index in [0.29, 0.717) is 0 Å². The molecule has 0 saturated carbocycles. The SMILES string of the molecule is NC(Cc1ccc(O)cc1)C(=O)NCCOCC(F)(F)F. The van der Waals surface area contributed by atoms with E-state index in [0.717, 1.165) is 5.56 Å². The minimum absolute atomic E-state index is 0.0435. The van der Waals surface area contributed by atoms with Crippen molar-refractivity contribution in [1.29, 1.82) is 0 Å². The van der Waals surface area contributed by atoms with Gasteiger partial charge < -0.3 is 20.9 Å². The van der Waals surface area contributed by atoms with Gasteiger partial charge in [0.2, 0.25) is 5.91 Å². The van der Waals surface area contributed by atoms with Crippen molar-refractivity contribution in [1.82, 2.24) is 5.32 Å². The summed E-state index contributed by atoms with van der Waals surface area (Å²) >= 11 is 0. The fourth-order valence-electron chi connectivity index (χ4n) is 1.54. The predicted octanol–water partition coefficient (Wildman–Crippen LogP) is 0.957. The van der Waals surface area contributed by atoms with E-state index in [1.165, 1.54) is 12.1 Å². The molecule has 8 heteroatoms. The standard InChI is InChI=1S/C13H17F3N2O3/c14-13(15,16)8-21-6-5-18-12(20)11(17)7-9-1-3-10(19)4-2-9/h1-4,11,19H,5-8,17H2,(H,18,20). The number of nitrogens with two attached hydrogens (primary N) is 1. The number of hydrogen-bond donors (Lipinski definition) is 3. The molecule has 0 aliphatic rings. The van der Waals surface area contributed by atoms with Crippen LogP contribution in [0.25, 0.3) is 0 Å². The van der Waals surface area contributed by atoms with E-state index < -0.39 is 24.7 Å². The van der Waals surface area contributed by atoms with Gasteiger partial charge in [-0.2, -0.15) is 13.2 Å². The number of rotatable bonds is 7. The molecule has 1 unspecified atom stereocenters. The molecule has 0 aromatic heterocycles. The van der Waals surface area contributed by atoms with Crippen molar-refractivity contribution in [3.05, 3.63) is 29.8 Å². The van der Waals surface area contributed by atoms with Crippen LogP contribution in [0.4, 0.5) is 13.2 Å². The second kappa shape index (κ2) is 7.84. The first-order valence-electron chi connectivity index (χ1n) is 6.23. The molecule has 0 bridgehead atoms. The number of benzene rings is 1. The summed E-state index contributed by atoms with van der Waals surface area (Å²) in [5.74, 6) is -0.364. The highest BCUT2D eigenvalue weighted by molar-refractivity contribution is 5.81. The van der Waals surface area contributed by atoms with Gasteiger partial charge in [-0.3, -0.25) is 4.79 Å². The lowest BCUT2D eigenvalue weighted by atomic mass is 10.1. The number of ether oxygens (including phenoxy) is 1. The van der Waals surface area contributed by atoms with Gasteiger partial charge in [0.25, 0.3) is 0 Å².